The molecule has 6 heteroatoms. The lowest BCUT2D eigenvalue weighted by atomic mass is 10.1. The molecule has 0 atom stereocenters. The van der Waals surface area contributed by atoms with Gasteiger partial charge in [0.15, 0.2) is 0 Å². The van der Waals surface area contributed by atoms with E-state index in [9.17, 15) is 14.0 Å². The first-order valence-electron chi connectivity index (χ1n) is 6.68. The van der Waals surface area contributed by atoms with Crippen molar-refractivity contribution < 1.29 is 14.0 Å². The molecule has 0 heterocycles. The van der Waals surface area contributed by atoms with Crippen molar-refractivity contribution in [2.45, 2.75) is 33.2 Å². The van der Waals surface area contributed by atoms with Crippen molar-refractivity contribution in [2.24, 2.45) is 0 Å². The molecule has 5 nitrogen and oxygen atoms in total. The van der Waals surface area contributed by atoms with Crippen LogP contribution in [-0.4, -0.2) is 36.0 Å². The van der Waals surface area contributed by atoms with Crippen LogP contribution in [0.15, 0.2) is 18.2 Å². The van der Waals surface area contributed by atoms with E-state index in [0.717, 1.165) is 0 Å². The molecule has 0 aliphatic heterocycles. The second-order valence-corrected chi connectivity index (χ2v) is 6.05. The highest BCUT2D eigenvalue weighted by molar-refractivity contribution is 5.92. The number of urea groups is 1. The van der Waals surface area contributed by atoms with Crippen molar-refractivity contribution in [3.05, 3.63) is 29.6 Å². The largest absolute Gasteiger partial charge is 0.350 e. The quantitative estimate of drug-likeness (QED) is 0.900. The predicted octanol–water partition coefficient (Wildman–Crippen LogP) is 2.51. The lowest BCUT2D eigenvalue weighted by Gasteiger charge is -2.23. The smallest absolute Gasteiger partial charge is 0.322 e. The average molecular weight is 295 g/mol. The Morgan fingerprint density at radius 2 is 1.90 bits per heavy atom. The minimum atomic E-state index is -0.470. The molecule has 0 aromatic heterocycles. The summed E-state index contributed by atoms with van der Waals surface area (Å²) in [7, 11) is 1.50. The van der Waals surface area contributed by atoms with Crippen molar-refractivity contribution >= 4 is 17.6 Å². The number of nitrogens with zero attached hydrogens (tertiary/aromatic N) is 1. The fourth-order valence-corrected chi connectivity index (χ4v) is 1.63. The van der Waals surface area contributed by atoms with Gasteiger partial charge in [-0.1, -0.05) is 6.07 Å². The van der Waals surface area contributed by atoms with Crippen molar-refractivity contribution in [3.8, 4) is 0 Å². The highest BCUT2D eigenvalue weighted by Gasteiger charge is 2.17. The summed E-state index contributed by atoms with van der Waals surface area (Å²) < 4.78 is 13.4. The van der Waals surface area contributed by atoms with Crippen LogP contribution in [0.5, 0.6) is 0 Å². The number of aryl methyl sites for hydroxylation is 1. The van der Waals surface area contributed by atoms with E-state index in [1.54, 1.807) is 19.1 Å². The molecule has 1 aromatic rings. The molecule has 0 saturated heterocycles. The number of anilines is 1. The monoisotopic (exact) mass is 295 g/mol. The number of carbonyl (C=O) groups excluding carboxylic acids is 2. The third-order valence-electron chi connectivity index (χ3n) is 2.66. The molecule has 0 aliphatic rings. The Morgan fingerprint density at radius 3 is 2.43 bits per heavy atom. The zero-order valence-corrected chi connectivity index (χ0v) is 13.1. The first-order valence-corrected chi connectivity index (χ1v) is 6.68. The first-order chi connectivity index (χ1) is 9.58. The fraction of sp³-hybridized carbons (Fsp3) is 0.467. The zero-order valence-electron chi connectivity index (χ0n) is 13.1. The van der Waals surface area contributed by atoms with E-state index >= 15 is 0 Å². The molecule has 21 heavy (non-hydrogen) atoms. The van der Waals surface area contributed by atoms with Gasteiger partial charge in [-0.25, -0.2) is 9.18 Å². The van der Waals surface area contributed by atoms with Crippen molar-refractivity contribution in [3.63, 3.8) is 0 Å². The third-order valence-corrected chi connectivity index (χ3v) is 2.66. The zero-order chi connectivity index (χ0) is 16.2. The molecule has 1 aromatic carbocycles. The molecule has 116 valence electrons. The molecular formula is C15H22FN3O2. The van der Waals surface area contributed by atoms with E-state index < -0.39 is 6.03 Å². The van der Waals surface area contributed by atoms with Gasteiger partial charge >= 0.3 is 6.03 Å². The topological polar surface area (TPSA) is 61.4 Å². The molecule has 0 unspecified atom stereocenters. The van der Waals surface area contributed by atoms with Crippen LogP contribution in [0.3, 0.4) is 0 Å². The lowest BCUT2D eigenvalue weighted by molar-refractivity contribution is -0.122. The van der Waals surface area contributed by atoms with Crippen molar-refractivity contribution in [1.82, 2.24) is 10.2 Å². The van der Waals surface area contributed by atoms with Crippen molar-refractivity contribution in [1.29, 1.82) is 0 Å². The Labute approximate surface area is 124 Å². The molecule has 0 fully saturated rings. The van der Waals surface area contributed by atoms with Crippen molar-refractivity contribution in [2.75, 3.05) is 18.9 Å². The van der Waals surface area contributed by atoms with Gasteiger partial charge in [0.2, 0.25) is 5.91 Å². The predicted molar refractivity (Wildman–Crippen MR) is 80.7 cm³/mol. The minimum Gasteiger partial charge on any atom is -0.350 e. The number of amides is 3. The summed E-state index contributed by atoms with van der Waals surface area (Å²) in [5.74, 6) is -0.642. The maximum Gasteiger partial charge on any atom is 0.322 e. The number of hydrogen-bond donors (Lipinski definition) is 2. The van der Waals surface area contributed by atoms with E-state index in [1.807, 2.05) is 20.8 Å². The highest BCUT2D eigenvalue weighted by atomic mass is 19.1. The molecule has 1 rings (SSSR count). The number of carbonyl (C=O) groups is 2. The second kappa shape index (κ2) is 6.56. The summed E-state index contributed by atoms with van der Waals surface area (Å²) >= 11 is 0. The lowest BCUT2D eigenvalue weighted by Crippen LogP contribution is -2.47. The maximum atomic E-state index is 13.4. The SMILES string of the molecule is Cc1ccc(NC(=O)N(C)CC(=O)NC(C)(C)C)cc1F. The fourth-order valence-electron chi connectivity index (χ4n) is 1.63. The number of nitrogens with one attached hydrogen (secondary N) is 2. The molecule has 2 N–H and O–H groups in total. The molecule has 0 spiro atoms. The Bertz CT molecular complexity index is 538. The maximum absolute atomic E-state index is 13.4. The van der Waals surface area contributed by atoms with Gasteiger partial charge in [0.25, 0.3) is 0 Å². The van der Waals surface area contributed by atoms with E-state index in [-0.39, 0.29) is 23.8 Å². The molecule has 3 amide bonds. The second-order valence-electron chi connectivity index (χ2n) is 6.05. The highest BCUT2D eigenvalue weighted by Crippen LogP contribution is 2.13. The van der Waals surface area contributed by atoms with Crippen LogP contribution in [0.2, 0.25) is 0 Å². The van der Waals surface area contributed by atoms with Crippen LogP contribution in [0.25, 0.3) is 0 Å². The first kappa shape index (κ1) is 16.9. The Morgan fingerprint density at radius 1 is 1.29 bits per heavy atom. The van der Waals surface area contributed by atoms with E-state index in [1.165, 1.54) is 18.0 Å². The normalized spacial score (nSPS) is 11.0. The Hall–Kier alpha value is -2.11. The van der Waals surface area contributed by atoms with Crippen LogP contribution in [0.4, 0.5) is 14.9 Å². The molecule has 0 aliphatic carbocycles. The number of hydrogen-bond acceptors (Lipinski definition) is 2. The molecule has 0 radical (unpaired) electrons. The molecule has 0 saturated carbocycles. The van der Waals surface area contributed by atoms with Crippen LogP contribution in [-0.2, 0) is 4.79 Å². The summed E-state index contributed by atoms with van der Waals surface area (Å²) in [6, 6.07) is 3.97. The summed E-state index contributed by atoms with van der Waals surface area (Å²) in [6.07, 6.45) is 0. The van der Waals surface area contributed by atoms with E-state index in [4.69, 9.17) is 0 Å². The summed E-state index contributed by atoms with van der Waals surface area (Å²) in [5, 5.41) is 5.31. The van der Waals surface area contributed by atoms with Gasteiger partial charge in [0.05, 0.1) is 0 Å². The minimum absolute atomic E-state index is 0.0720. The number of likely N-dealkylation sites (N-methyl/N-ethyl adjacent to an activating group) is 1. The van der Waals surface area contributed by atoms with E-state index in [2.05, 4.69) is 10.6 Å². The summed E-state index contributed by atoms with van der Waals surface area (Å²) in [4.78, 5) is 24.9. The van der Waals surface area contributed by atoms with Gasteiger partial charge in [-0.3, -0.25) is 4.79 Å². The van der Waals surface area contributed by atoms with Gasteiger partial charge in [-0.15, -0.1) is 0 Å². The Balaban J connectivity index is 2.58. The molecule has 0 bridgehead atoms. The van der Waals surface area contributed by atoms with Gasteiger partial charge in [-0.05, 0) is 45.4 Å². The van der Waals surface area contributed by atoms with Gasteiger partial charge in [0.1, 0.15) is 12.4 Å². The number of halogens is 1. The summed E-state index contributed by atoms with van der Waals surface area (Å²) in [6.45, 7) is 7.15. The van der Waals surface area contributed by atoms with Gasteiger partial charge < -0.3 is 15.5 Å². The average Bonchev–Trinajstić information content (AvgIpc) is 2.31. The van der Waals surface area contributed by atoms with E-state index in [0.29, 0.717) is 11.3 Å². The van der Waals surface area contributed by atoms with Gasteiger partial charge in [0, 0.05) is 18.3 Å². The van der Waals surface area contributed by atoms with Gasteiger partial charge in [-0.2, -0.15) is 0 Å². The summed E-state index contributed by atoms with van der Waals surface area (Å²) in [5.41, 5.74) is 0.506. The Kier molecular flexibility index (Phi) is 5.29. The third kappa shape index (κ3) is 5.81. The van der Waals surface area contributed by atoms with Crippen LogP contribution >= 0.6 is 0 Å². The standard InChI is InChI=1S/C15H22FN3O2/c1-10-6-7-11(8-12(10)16)17-14(21)19(5)9-13(20)18-15(2,3)4/h6-8H,9H2,1-5H3,(H,17,21)(H,18,20). The van der Waals surface area contributed by atoms with Crippen LogP contribution in [0, 0.1) is 12.7 Å². The van der Waals surface area contributed by atoms with Crippen LogP contribution in [0.1, 0.15) is 26.3 Å². The number of rotatable bonds is 3. The number of benzene rings is 1. The van der Waals surface area contributed by atoms with Crippen LogP contribution < -0.4 is 10.6 Å². The molecular weight excluding hydrogens is 273 g/mol.